The third kappa shape index (κ3) is 33.2. The molecular formula is C42H73NO3. The Kier molecular flexibility index (Phi) is 35.5. The summed E-state index contributed by atoms with van der Waals surface area (Å²) in [6.07, 6.45) is 52.7. The van der Waals surface area contributed by atoms with E-state index in [4.69, 9.17) is 0 Å². The normalized spacial score (nSPS) is 13.9. The lowest BCUT2D eigenvalue weighted by Crippen LogP contribution is -2.45. The first-order valence-electron chi connectivity index (χ1n) is 19.2. The zero-order chi connectivity index (χ0) is 33.6. The Morgan fingerprint density at radius 2 is 0.957 bits per heavy atom. The van der Waals surface area contributed by atoms with Crippen molar-refractivity contribution in [2.24, 2.45) is 0 Å². The van der Waals surface area contributed by atoms with Crippen molar-refractivity contribution in [3.8, 4) is 0 Å². The first-order chi connectivity index (χ1) is 22.7. The van der Waals surface area contributed by atoms with Crippen LogP contribution < -0.4 is 5.32 Å². The van der Waals surface area contributed by atoms with Crippen molar-refractivity contribution in [3.05, 3.63) is 72.9 Å². The van der Waals surface area contributed by atoms with E-state index in [2.05, 4.69) is 79.9 Å². The highest BCUT2D eigenvalue weighted by Gasteiger charge is 2.17. The number of hydrogen-bond donors (Lipinski definition) is 3. The molecule has 0 fully saturated rings. The Labute approximate surface area is 285 Å². The van der Waals surface area contributed by atoms with Gasteiger partial charge in [-0.3, -0.25) is 4.79 Å². The first-order valence-corrected chi connectivity index (χ1v) is 19.2. The molecule has 4 heteroatoms. The van der Waals surface area contributed by atoms with E-state index < -0.39 is 12.1 Å². The van der Waals surface area contributed by atoms with Crippen LogP contribution in [0.3, 0.4) is 0 Å². The Balaban J connectivity index is 3.73. The van der Waals surface area contributed by atoms with E-state index in [1.54, 1.807) is 6.08 Å². The van der Waals surface area contributed by atoms with Gasteiger partial charge in [-0.2, -0.15) is 0 Å². The van der Waals surface area contributed by atoms with Crippen LogP contribution in [-0.2, 0) is 4.79 Å². The first kappa shape index (κ1) is 43.8. The lowest BCUT2D eigenvalue weighted by Gasteiger charge is -2.19. The van der Waals surface area contributed by atoms with E-state index >= 15 is 0 Å². The summed E-state index contributed by atoms with van der Waals surface area (Å²) in [5.41, 5.74) is 0. The summed E-state index contributed by atoms with van der Waals surface area (Å²) in [6, 6.07) is -0.642. The number of carbonyl (C=O) groups excluding carboxylic acids is 1. The van der Waals surface area contributed by atoms with Gasteiger partial charge in [0.15, 0.2) is 0 Å². The minimum Gasteiger partial charge on any atom is -0.394 e. The van der Waals surface area contributed by atoms with Gasteiger partial charge >= 0.3 is 0 Å². The number of allylic oxidation sites excluding steroid dienone is 11. The molecule has 1 amide bonds. The Morgan fingerprint density at radius 1 is 0.543 bits per heavy atom. The Hall–Kier alpha value is -2.17. The molecule has 2 atom stereocenters. The van der Waals surface area contributed by atoms with Gasteiger partial charge in [-0.25, -0.2) is 0 Å². The van der Waals surface area contributed by atoms with Crippen LogP contribution in [0, 0.1) is 0 Å². The fourth-order valence-corrected chi connectivity index (χ4v) is 5.26. The molecule has 0 aliphatic heterocycles. The molecule has 0 aromatic heterocycles. The van der Waals surface area contributed by atoms with Gasteiger partial charge in [-0.15, -0.1) is 0 Å². The average molecular weight is 640 g/mol. The standard InChI is InChI=1S/C42H73NO3/c1-3-5-7-9-11-13-15-17-19-20-21-22-24-26-28-30-32-34-36-38-42(46)43-40(39-44)41(45)37-35-33-31-29-27-25-23-18-16-14-12-10-8-6-4-2/h5,7,11,13,17,19,21-22,26,28,35,37,40-41,44-45H,3-4,6,8-10,12,14-16,18,20,23-25,27,29-34,36,38-39H2,1-2H3,(H,43,46)/b7-5-,13-11-,19-17-,22-21-,28-26-,37-35+. The van der Waals surface area contributed by atoms with Gasteiger partial charge in [-0.1, -0.05) is 170 Å². The van der Waals surface area contributed by atoms with E-state index in [9.17, 15) is 15.0 Å². The van der Waals surface area contributed by atoms with Crippen molar-refractivity contribution in [1.82, 2.24) is 5.32 Å². The lowest BCUT2D eigenvalue weighted by molar-refractivity contribution is -0.123. The zero-order valence-corrected chi connectivity index (χ0v) is 30.1. The largest absolute Gasteiger partial charge is 0.394 e. The maximum Gasteiger partial charge on any atom is 0.220 e. The van der Waals surface area contributed by atoms with Crippen LogP contribution in [-0.4, -0.2) is 34.9 Å². The highest BCUT2D eigenvalue weighted by Crippen LogP contribution is 2.13. The van der Waals surface area contributed by atoms with Crippen LogP contribution in [0.1, 0.15) is 168 Å². The van der Waals surface area contributed by atoms with Crippen molar-refractivity contribution in [1.29, 1.82) is 0 Å². The second kappa shape index (κ2) is 37.3. The second-order valence-corrected chi connectivity index (χ2v) is 12.6. The molecule has 3 N–H and O–H groups in total. The smallest absolute Gasteiger partial charge is 0.220 e. The molecule has 0 bridgehead atoms. The van der Waals surface area contributed by atoms with E-state index in [1.807, 2.05) is 6.08 Å². The van der Waals surface area contributed by atoms with Gasteiger partial charge in [0.05, 0.1) is 18.8 Å². The number of unbranched alkanes of at least 4 members (excludes halogenated alkanes) is 16. The lowest BCUT2D eigenvalue weighted by atomic mass is 10.0. The Bertz CT molecular complexity index is 823. The fourth-order valence-electron chi connectivity index (χ4n) is 5.26. The van der Waals surface area contributed by atoms with E-state index in [0.29, 0.717) is 6.42 Å². The summed E-state index contributed by atoms with van der Waals surface area (Å²) in [7, 11) is 0. The van der Waals surface area contributed by atoms with Crippen molar-refractivity contribution in [3.63, 3.8) is 0 Å². The molecule has 0 saturated heterocycles. The summed E-state index contributed by atoms with van der Waals surface area (Å²) in [6.45, 7) is 4.16. The van der Waals surface area contributed by atoms with Crippen LogP contribution in [0.15, 0.2) is 72.9 Å². The molecule has 0 aromatic rings. The number of rotatable bonds is 33. The summed E-state index contributed by atoms with van der Waals surface area (Å²) in [4.78, 5) is 12.3. The summed E-state index contributed by atoms with van der Waals surface area (Å²) in [5, 5.41) is 22.9. The number of aliphatic hydroxyl groups is 2. The van der Waals surface area contributed by atoms with Crippen LogP contribution in [0.5, 0.6) is 0 Å². The van der Waals surface area contributed by atoms with Crippen molar-refractivity contribution in [2.75, 3.05) is 6.61 Å². The third-order valence-electron chi connectivity index (χ3n) is 8.20. The molecule has 0 spiro atoms. The molecule has 0 heterocycles. The average Bonchev–Trinajstić information content (AvgIpc) is 3.06. The van der Waals surface area contributed by atoms with Gasteiger partial charge in [0, 0.05) is 6.42 Å². The monoisotopic (exact) mass is 640 g/mol. The molecule has 0 saturated carbocycles. The van der Waals surface area contributed by atoms with Crippen molar-refractivity contribution >= 4 is 5.91 Å². The molecule has 4 nitrogen and oxygen atoms in total. The highest BCUT2D eigenvalue weighted by atomic mass is 16.3. The molecule has 46 heavy (non-hydrogen) atoms. The molecule has 0 rings (SSSR count). The van der Waals surface area contributed by atoms with Crippen LogP contribution in [0.25, 0.3) is 0 Å². The second-order valence-electron chi connectivity index (χ2n) is 12.6. The molecule has 264 valence electrons. The van der Waals surface area contributed by atoms with Crippen LogP contribution >= 0.6 is 0 Å². The molecule has 0 aliphatic rings. The zero-order valence-electron chi connectivity index (χ0n) is 30.1. The van der Waals surface area contributed by atoms with Gasteiger partial charge in [0.25, 0.3) is 0 Å². The van der Waals surface area contributed by atoms with Gasteiger partial charge in [0.2, 0.25) is 5.91 Å². The predicted octanol–water partition coefficient (Wildman–Crippen LogP) is 11.6. The molecule has 0 radical (unpaired) electrons. The fraction of sp³-hybridized carbons (Fsp3) is 0.690. The van der Waals surface area contributed by atoms with Crippen molar-refractivity contribution in [2.45, 2.75) is 180 Å². The summed E-state index contributed by atoms with van der Waals surface area (Å²) in [5.74, 6) is -0.0992. The number of carbonyl (C=O) groups is 1. The predicted molar refractivity (Wildman–Crippen MR) is 202 cm³/mol. The number of nitrogens with one attached hydrogen (secondary N) is 1. The quantitative estimate of drug-likeness (QED) is 0.0494. The highest BCUT2D eigenvalue weighted by molar-refractivity contribution is 5.76. The maximum absolute atomic E-state index is 12.3. The third-order valence-corrected chi connectivity index (χ3v) is 8.20. The molecule has 0 aromatic carbocycles. The molecule has 2 unspecified atom stereocenters. The van der Waals surface area contributed by atoms with Crippen LogP contribution in [0.2, 0.25) is 0 Å². The number of amides is 1. The van der Waals surface area contributed by atoms with E-state index in [1.165, 1.54) is 77.0 Å². The van der Waals surface area contributed by atoms with Crippen molar-refractivity contribution < 1.29 is 15.0 Å². The summed E-state index contributed by atoms with van der Waals surface area (Å²) < 4.78 is 0. The maximum atomic E-state index is 12.3. The number of aliphatic hydroxyl groups excluding tert-OH is 2. The van der Waals surface area contributed by atoms with E-state index in [0.717, 1.165) is 70.6 Å². The van der Waals surface area contributed by atoms with Gasteiger partial charge < -0.3 is 15.5 Å². The SMILES string of the molecule is CC/C=C\C/C=C\C/C=C\C/C=C\C/C=C\CCCCCC(=O)NC(CO)C(O)/C=C/CCCCCCCCCCCCCCC. The Morgan fingerprint density at radius 3 is 1.43 bits per heavy atom. The molecular weight excluding hydrogens is 566 g/mol. The van der Waals surface area contributed by atoms with Gasteiger partial charge in [-0.05, 0) is 64.2 Å². The van der Waals surface area contributed by atoms with Gasteiger partial charge in [0.1, 0.15) is 0 Å². The number of hydrogen-bond acceptors (Lipinski definition) is 3. The minimum absolute atomic E-state index is 0.0992. The minimum atomic E-state index is -0.855. The molecule has 0 aliphatic carbocycles. The van der Waals surface area contributed by atoms with Crippen LogP contribution in [0.4, 0.5) is 0 Å². The topological polar surface area (TPSA) is 69.6 Å². The summed E-state index contributed by atoms with van der Waals surface area (Å²) >= 11 is 0. The van der Waals surface area contributed by atoms with E-state index in [-0.39, 0.29) is 12.5 Å².